The largest absolute Gasteiger partial charge is 0.392 e. The van der Waals surface area contributed by atoms with E-state index in [0.29, 0.717) is 10.8 Å². The zero-order valence-corrected chi connectivity index (χ0v) is 19.7. The second kappa shape index (κ2) is 11.4. The number of fused-ring (bicyclic) bond motifs is 1. The highest BCUT2D eigenvalue weighted by Crippen LogP contribution is 2.32. The van der Waals surface area contributed by atoms with Crippen molar-refractivity contribution in [3.05, 3.63) is 96.0 Å². The minimum Gasteiger partial charge on any atom is -0.392 e. The predicted octanol–water partition coefficient (Wildman–Crippen LogP) is 2.97. The fourth-order valence-electron chi connectivity index (χ4n) is 3.48. The van der Waals surface area contributed by atoms with Gasteiger partial charge in [0, 0.05) is 34.2 Å². The first-order valence-electron chi connectivity index (χ1n) is 10.8. The fourth-order valence-corrected chi connectivity index (χ4v) is 3.48. The van der Waals surface area contributed by atoms with Crippen LogP contribution in [0.15, 0.2) is 73.4 Å². The van der Waals surface area contributed by atoms with Crippen molar-refractivity contribution in [1.29, 1.82) is 0 Å². The monoisotopic (exact) mass is 479 g/mol. The van der Waals surface area contributed by atoms with E-state index in [9.17, 15) is 14.7 Å². The Morgan fingerprint density at radius 2 is 1.72 bits per heavy atom. The zero-order valence-electron chi connectivity index (χ0n) is 19.7. The molecule has 2 aromatic carbocycles. The number of aliphatic hydroxyl groups excluding tert-OH is 1. The zero-order chi connectivity index (χ0) is 26.2. The standard InChI is InChI=1S/C22H18N4O3.C6H7N/c1-12(5-8-18(23)28)20-19(22(25)29)17-10-15(6-7-16(17)21(24)26-20)14-4-2-3-13(9-14)11-27;1-6-4-2-3-5-7-6/h2-4,6-7,9-10,27H,1,11H2,(H2,23,28)(H2,24,26)(H2,25,29);2-5H,1H3. The Hall–Kier alpha value is -5.00. The number of nitrogens with two attached hydrogens (primary N) is 3. The molecule has 0 fully saturated rings. The molecule has 0 aliphatic heterocycles. The van der Waals surface area contributed by atoms with Crippen molar-refractivity contribution in [3.63, 3.8) is 0 Å². The van der Waals surface area contributed by atoms with E-state index in [1.807, 2.05) is 49.4 Å². The van der Waals surface area contributed by atoms with Gasteiger partial charge in [-0.2, -0.15) is 0 Å². The fraction of sp³-hybridized carbons (Fsp3) is 0.0714. The number of hydrogen-bond acceptors (Lipinski definition) is 6. The van der Waals surface area contributed by atoms with Gasteiger partial charge in [0.2, 0.25) is 0 Å². The Balaban J connectivity index is 0.000000444. The molecule has 0 radical (unpaired) electrons. The molecule has 2 amide bonds. The summed E-state index contributed by atoms with van der Waals surface area (Å²) in [5.74, 6) is 3.22. The molecule has 0 aliphatic rings. The summed E-state index contributed by atoms with van der Waals surface area (Å²) in [7, 11) is 0. The second-order valence-corrected chi connectivity index (χ2v) is 7.77. The highest BCUT2D eigenvalue weighted by Gasteiger charge is 2.19. The van der Waals surface area contributed by atoms with Gasteiger partial charge in [-0.25, -0.2) is 4.98 Å². The number of benzene rings is 2. The van der Waals surface area contributed by atoms with Crippen LogP contribution in [0.5, 0.6) is 0 Å². The molecule has 8 nitrogen and oxygen atoms in total. The lowest BCUT2D eigenvalue weighted by Crippen LogP contribution is -2.16. The molecule has 180 valence electrons. The molecule has 0 spiro atoms. The van der Waals surface area contributed by atoms with Crippen LogP contribution in [0.4, 0.5) is 5.82 Å². The van der Waals surface area contributed by atoms with E-state index in [0.717, 1.165) is 22.4 Å². The highest BCUT2D eigenvalue weighted by atomic mass is 16.3. The van der Waals surface area contributed by atoms with Crippen LogP contribution in [-0.4, -0.2) is 26.9 Å². The summed E-state index contributed by atoms with van der Waals surface area (Å²) in [6, 6.07) is 18.6. The van der Waals surface area contributed by atoms with Crippen molar-refractivity contribution >= 4 is 34.0 Å². The quantitative estimate of drug-likeness (QED) is 0.329. The summed E-state index contributed by atoms with van der Waals surface area (Å²) in [5, 5.41) is 10.4. The normalized spacial score (nSPS) is 9.94. The van der Waals surface area contributed by atoms with E-state index in [1.54, 1.807) is 24.4 Å². The molecule has 0 atom stereocenters. The highest BCUT2D eigenvalue weighted by molar-refractivity contribution is 6.13. The molecule has 0 unspecified atom stereocenters. The van der Waals surface area contributed by atoms with Crippen molar-refractivity contribution in [3.8, 4) is 23.0 Å². The van der Waals surface area contributed by atoms with Gasteiger partial charge in [-0.15, -0.1) is 0 Å². The number of primary amides is 2. The number of rotatable bonds is 4. The van der Waals surface area contributed by atoms with Crippen LogP contribution in [0, 0.1) is 18.8 Å². The minimum absolute atomic E-state index is 0.0900. The maximum Gasteiger partial charge on any atom is 0.293 e. The maximum absolute atomic E-state index is 12.3. The van der Waals surface area contributed by atoms with Gasteiger partial charge in [0.1, 0.15) is 5.82 Å². The number of aliphatic hydroxyl groups is 1. The molecule has 0 bridgehead atoms. The Morgan fingerprint density at radius 3 is 2.31 bits per heavy atom. The van der Waals surface area contributed by atoms with Crippen molar-refractivity contribution in [2.45, 2.75) is 13.5 Å². The lowest BCUT2D eigenvalue weighted by atomic mass is 9.95. The number of nitrogens with zero attached hydrogens (tertiary/aromatic N) is 2. The molecule has 0 saturated heterocycles. The van der Waals surface area contributed by atoms with Gasteiger partial charge in [0.05, 0.1) is 17.9 Å². The number of hydrogen-bond donors (Lipinski definition) is 4. The van der Waals surface area contributed by atoms with Gasteiger partial charge in [0.15, 0.2) is 0 Å². The lowest BCUT2D eigenvalue weighted by molar-refractivity contribution is -0.112. The van der Waals surface area contributed by atoms with E-state index in [2.05, 4.69) is 28.4 Å². The first-order valence-corrected chi connectivity index (χ1v) is 10.8. The molecular weight excluding hydrogens is 454 g/mol. The first kappa shape index (κ1) is 25.6. The van der Waals surface area contributed by atoms with Gasteiger partial charge in [-0.3, -0.25) is 14.6 Å². The van der Waals surface area contributed by atoms with Crippen LogP contribution < -0.4 is 17.2 Å². The smallest absolute Gasteiger partial charge is 0.293 e. The van der Waals surface area contributed by atoms with Crippen LogP contribution in [-0.2, 0) is 11.4 Å². The maximum atomic E-state index is 12.3. The van der Waals surface area contributed by atoms with Gasteiger partial charge in [-0.05, 0) is 47.9 Å². The Bertz CT molecular complexity index is 1520. The minimum atomic E-state index is -0.841. The van der Waals surface area contributed by atoms with Crippen LogP contribution in [0.3, 0.4) is 0 Å². The van der Waals surface area contributed by atoms with Crippen molar-refractivity contribution in [1.82, 2.24) is 9.97 Å². The van der Waals surface area contributed by atoms with Crippen LogP contribution in [0.1, 0.15) is 27.3 Å². The molecule has 2 heterocycles. The summed E-state index contributed by atoms with van der Waals surface area (Å²) in [6.45, 7) is 5.64. The van der Waals surface area contributed by atoms with Crippen molar-refractivity contribution in [2.75, 3.05) is 5.73 Å². The third-order valence-electron chi connectivity index (χ3n) is 5.16. The average Bonchev–Trinajstić information content (AvgIpc) is 2.87. The van der Waals surface area contributed by atoms with Crippen LogP contribution in [0.2, 0.25) is 0 Å². The number of allylic oxidation sites excluding steroid dienone is 1. The Labute approximate surface area is 208 Å². The molecule has 36 heavy (non-hydrogen) atoms. The predicted molar refractivity (Wildman–Crippen MR) is 141 cm³/mol. The third-order valence-corrected chi connectivity index (χ3v) is 5.16. The lowest BCUT2D eigenvalue weighted by Gasteiger charge is -2.13. The number of aryl methyl sites for hydroxylation is 1. The SMILES string of the molecule is C=C(C#CC(N)=O)c1nc(N)c2ccc(-c3cccc(CO)c3)cc2c1C(N)=O.Cc1ccccn1. The molecule has 8 heteroatoms. The summed E-state index contributed by atoms with van der Waals surface area (Å²) >= 11 is 0. The molecular formula is C28H25N5O3. The molecule has 0 aliphatic carbocycles. The molecule has 7 N–H and O–H groups in total. The van der Waals surface area contributed by atoms with E-state index in [1.165, 1.54) is 0 Å². The first-order chi connectivity index (χ1) is 17.2. The van der Waals surface area contributed by atoms with Crippen molar-refractivity contribution < 1.29 is 14.7 Å². The summed E-state index contributed by atoms with van der Waals surface area (Å²) < 4.78 is 0. The Kier molecular flexibility index (Phi) is 8.13. The molecule has 4 aromatic rings. The number of anilines is 1. The summed E-state index contributed by atoms with van der Waals surface area (Å²) in [4.78, 5) is 31.4. The number of nitrogen functional groups attached to an aromatic ring is 1. The van der Waals surface area contributed by atoms with Gasteiger partial charge in [-0.1, -0.05) is 48.9 Å². The van der Waals surface area contributed by atoms with Gasteiger partial charge < -0.3 is 22.3 Å². The summed E-state index contributed by atoms with van der Waals surface area (Å²) in [5.41, 5.74) is 20.5. The average molecular weight is 480 g/mol. The number of pyridine rings is 2. The molecule has 0 saturated carbocycles. The summed E-state index contributed by atoms with van der Waals surface area (Å²) in [6.07, 6.45) is 1.79. The number of carbonyl (C=O) groups excluding carboxylic acids is 2. The topological polar surface area (TPSA) is 158 Å². The third kappa shape index (κ3) is 6.11. The van der Waals surface area contributed by atoms with Gasteiger partial charge in [0.25, 0.3) is 11.8 Å². The van der Waals surface area contributed by atoms with E-state index < -0.39 is 11.8 Å². The van der Waals surface area contributed by atoms with Crippen LogP contribution >= 0.6 is 0 Å². The second-order valence-electron chi connectivity index (χ2n) is 7.77. The van der Waals surface area contributed by atoms with E-state index >= 15 is 0 Å². The number of amides is 2. The Morgan fingerprint density at radius 1 is 0.972 bits per heavy atom. The molecule has 2 aromatic heterocycles. The van der Waals surface area contributed by atoms with E-state index in [-0.39, 0.29) is 29.3 Å². The number of carbonyl (C=O) groups is 2. The van der Waals surface area contributed by atoms with E-state index in [4.69, 9.17) is 17.2 Å². The van der Waals surface area contributed by atoms with Crippen LogP contribution in [0.25, 0.3) is 27.5 Å². The molecule has 4 rings (SSSR count). The van der Waals surface area contributed by atoms with Crippen molar-refractivity contribution in [2.24, 2.45) is 11.5 Å². The van der Waals surface area contributed by atoms with Gasteiger partial charge >= 0.3 is 0 Å². The number of aromatic nitrogens is 2.